The maximum Gasteiger partial charge on any atom is 0.488 e. The lowest BCUT2D eigenvalue weighted by molar-refractivity contribution is -0.176. The average molecular weight is 252 g/mol. The maximum atomic E-state index is 12.8. The van der Waals surface area contributed by atoms with E-state index in [-0.39, 0.29) is 11.0 Å². The molecule has 0 fully saturated rings. The molecule has 8 heteroatoms. The molecule has 0 unspecified atom stereocenters. The lowest BCUT2D eigenvalue weighted by Crippen LogP contribution is -2.33. The van der Waals surface area contributed by atoms with Gasteiger partial charge in [-0.1, -0.05) is 6.07 Å². The van der Waals surface area contributed by atoms with E-state index in [4.69, 9.17) is 10.0 Å². The quantitative estimate of drug-likeness (QED) is 0.608. The molecule has 1 rings (SSSR count). The monoisotopic (exact) mass is 252 g/mol. The summed E-state index contributed by atoms with van der Waals surface area (Å²) in [7, 11) is -1.89. The van der Waals surface area contributed by atoms with Gasteiger partial charge in [-0.15, -0.1) is 0 Å². The first-order valence-corrected chi connectivity index (χ1v) is 4.58. The Morgan fingerprint density at radius 2 is 1.88 bits per heavy atom. The molecular formula is C9H9BF4O3. The minimum Gasteiger partial charge on any atom is -0.423 e. The molecule has 3 nitrogen and oxygen atoms in total. The third kappa shape index (κ3) is 4.72. The van der Waals surface area contributed by atoms with Crippen molar-refractivity contribution in [1.82, 2.24) is 0 Å². The summed E-state index contributed by atoms with van der Waals surface area (Å²) in [6.45, 7) is -2.03. The van der Waals surface area contributed by atoms with Crippen molar-refractivity contribution in [3.63, 3.8) is 0 Å². The number of halogens is 4. The first kappa shape index (κ1) is 13.9. The maximum absolute atomic E-state index is 12.8. The topological polar surface area (TPSA) is 49.7 Å². The number of hydrogen-bond acceptors (Lipinski definition) is 3. The second-order valence-electron chi connectivity index (χ2n) is 3.32. The third-order valence-corrected chi connectivity index (χ3v) is 1.91. The SMILES string of the molecule is OB(O)c1ccc(F)cc1COCC(F)(F)F. The van der Waals surface area contributed by atoms with Gasteiger partial charge in [-0.3, -0.25) is 0 Å². The lowest BCUT2D eigenvalue weighted by atomic mass is 9.77. The van der Waals surface area contributed by atoms with Gasteiger partial charge in [0.1, 0.15) is 12.4 Å². The molecule has 94 valence electrons. The Kier molecular flexibility index (Phi) is 4.50. The molecule has 0 bridgehead atoms. The molecule has 0 saturated heterocycles. The van der Waals surface area contributed by atoms with Gasteiger partial charge in [-0.25, -0.2) is 4.39 Å². The van der Waals surface area contributed by atoms with Crippen LogP contribution in [0.4, 0.5) is 17.6 Å². The highest BCUT2D eigenvalue weighted by molar-refractivity contribution is 6.59. The highest BCUT2D eigenvalue weighted by Crippen LogP contribution is 2.15. The van der Waals surface area contributed by atoms with Crippen molar-refractivity contribution in [1.29, 1.82) is 0 Å². The van der Waals surface area contributed by atoms with Crippen LogP contribution in [0, 0.1) is 5.82 Å². The van der Waals surface area contributed by atoms with Crippen molar-refractivity contribution in [2.45, 2.75) is 12.8 Å². The van der Waals surface area contributed by atoms with Crippen molar-refractivity contribution in [2.24, 2.45) is 0 Å². The van der Waals surface area contributed by atoms with E-state index in [0.29, 0.717) is 0 Å². The van der Waals surface area contributed by atoms with E-state index in [2.05, 4.69) is 4.74 Å². The molecule has 0 aliphatic heterocycles. The van der Waals surface area contributed by atoms with Gasteiger partial charge in [0.2, 0.25) is 0 Å². The van der Waals surface area contributed by atoms with Crippen LogP contribution in [0.15, 0.2) is 18.2 Å². The smallest absolute Gasteiger partial charge is 0.423 e. The number of benzene rings is 1. The number of hydrogen-bond donors (Lipinski definition) is 2. The molecule has 0 radical (unpaired) electrons. The molecule has 2 N–H and O–H groups in total. The molecule has 1 aromatic carbocycles. The number of alkyl halides is 3. The zero-order valence-corrected chi connectivity index (χ0v) is 8.54. The van der Waals surface area contributed by atoms with Gasteiger partial charge in [-0.2, -0.15) is 13.2 Å². The molecule has 0 aromatic heterocycles. The highest BCUT2D eigenvalue weighted by Gasteiger charge is 2.27. The van der Waals surface area contributed by atoms with Crippen LogP contribution in [0.3, 0.4) is 0 Å². The van der Waals surface area contributed by atoms with Gasteiger partial charge in [0.05, 0.1) is 6.61 Å². The van der Waals surface area contributed by atoms with Crippen LogP contribution in [0.25, 0.3) is 0 Å². The summed E-state index contributed by atoms with van der Waals surface area (Å²) in [6, 6.07) is 2.94. The van der Waals surface area contributed by atoms with Crippen molar-refractivity contribution in [2.75, 3.05) is 6.61 Å². The predicted octanol–water partition coefficient (Wildman–Crippen LogP) is 0.584. The summed E-state index contributed by atoms with van der Waals surface area (Å²) < 4.78 is 52.5. The molecule has 0 amide bonds. The van der Waals surface area contributed by atoms with Gasteiger partial charge in [0.15, 0.2) is 0 Å². The van der Waals surface area contributed by atoms with Crippen molar-refractivity contribution < 1.29 is 32.3 Å². The van der Waals surface area contributed by atoms with Crippen molar-refractivity contribution in [3.05, 3.63) is 29.6 Å². The largest absolute Gasteiger partial charge is 0.488 e. The van der Waals surface area contributed by atoms with Crippen LogP contribution < -0.4 is 5.46 Å². The Labute approximate surface area is 94.8 Å². The fourth-order valence-corrected chi connectivity index (χ4v) is 1.23. The van der Waals surface area contributed by atoms with Gasteiger partial charge in [-0.05, 0) is 23.2 Å². The summed E-state index contributed by atoms with van der Waals surface area (Å²) in [5.74, 6) is -0.694. The van der Waals surface area contributed by atoms with E-state index in [0.717, 1.165) is 18.2 Å². The van der Waals surface area contributed by atoms with Crippen LogP contribution in [0.1, 0.15) is 5.56 Å². The summed E-state index contributed by atoms with van der Waals surface area (Å²) in [5, 5.41) is 17.8. The Hall–Kier alpha value is -1.12. The first-order chi connectivity index (χ1) is 7.79. The van der Waals surface area contributed by atoms with Crippen molar-refractivity contribution >= 4 is 12.6 Å². The Bertz CT molecular complexity index is 381. The standard InChI is InChI=1S/C9H9BF4O3/c11-7-1-2-8(10(15)16)6(3-7)4-17-5-9(12,13)14/h1-3,15-16H,4-5H2. The Balaban J connectivity index is 2.72. The molecule has 0 aliphatic rings. The number of ether oxygens (including phenoxy) is 1. The molecule has 17 heavy (non-hydrogen) atoms. The minimum atomic E-state index is -4.48. The van der Waals surface area contributed by atoms with E-state index in [1.807, 2.05) is 0 Å². The van der Waals surface area contributed by atoms with Crippen LogP contribution in [0.5, 0.6) is 0 Å². The van der Waals surface area contributed by atoms with E-state index < -0.39 is 32.3 Å². The lowest BCUT2D eigenvalue weighted by Gasteiger charge is -2.11. The normalized spacial score (nSPS) is 11.6. The first-order valence-electron chi connectivity index (χ1n) is 4.58. The number of rotatable bonds is 4. The van der Waals surface area contributed by atoms with E-state index >= 15 is 0 Å². The molecular weight excluding hydrogens is 243 g/mol. The Morgan fingerprint density at radius 1 is 1.24 bits per heavy atom. The minimum absolute atomic E-state index is 0.0377. The summed E-state index contributed by atoms with van der Waals surface area (Å²) >= 11 is 0. The third-order valence-electron chi connectivity index (χ3n) is 1.91. The molecule has 0 saturated carbocycles. The summed E-state index contributed by atoms with van der Waals surface area (Å²) in [6.07, 6.45) is -4.48. The van der Waals surface area contributed by atoms with Crippen LogP contribution in [-0.2, 0) is 11.3 Å². The van der Waals surface area contributed by atoms with E-state index in [9.17, 15) is 17.6 Å². The average Bonchev–Trinajstić information content (AvgIpc) is 2.15. The second-order valence-corrected chi connectivity index (χ2v) is 3.32. The zero-order valence-electron chi connectivity index (χ0n) is 8.54. The second kappa shape index (κ2) is 5.48. The summed E-state index contributed by atoms with van der Waals surface area (Å²) in [4.78, 5) is 0. The van der Waals surface area contributed by atoms with Gasteiger partial charge in [0.25, 0.3) is 0 Å². The molecule has 0 spiro atoms. The molecule has 0 atom stereocenters. The zero-order chi connectivity index (χ0) is 13.1. The van der Waals surface area contributed by atoms with Crippen LogP contribution in [0.2, 0.25) is 0 Å². The predicted molar refractivity (Wildman–Crippen MR) is 51.9 cm³/mol. The van der Waals surface area contributed by atoms with Gasteiger partial charge >= 0.3 is 13.3 Å². The fraction of sp³-hybridized carbons (Fsp3) is 0.333. The highest BCUT2D eigenvalue weighted by atomic mass is 19.4. The van der Waals surface area contributed by atoms with Crippen LogP contribution >= 0.6 is 0 Å². The van der Waals surface area contributed by atoms with Crippen molar-refractivity contribution in [3.8, 4) is 0 Å². The van der Waals surface area contributed by atoms with Crippen LogP contribution in [-0.4, -0.2) is 29.9 Å². The fourth-order valence-electron chi connectivity index (χ4n) is 1.23. The summed E-state index contributed by atoms with van der Waals surface area (Å²) in [5.41, 5.74) is -0.127. The Morgan fingerprint density at radius 3 is 2.41 bits per heavy atom. The molecule has 0 aliphatic carbocycles. The van der Waals surface area contributed by atoms with Gasteiger partial charge in [0, 0.05) is 0 Å². The van der Waals surface area contributed by atoms with E-state index in [1.54, 1.807) is 0 Å². The van der Waals surface area contributed by atoms with Gasteiger partial charge < -0.3 is 14.8 Å². The van der Waals surface area contributed by atoms with E-state index in [1.165, 1.54) is 0 Å². The molecule has 1 aromatic rings. The molecule has 0 heterocycles.